The molecule has 0 atom stereocenters. The largest absolute Gasteiger partial charge is 0.369 e. The zero-order chi connectivity index (χ0) is 14.7. The summed E-state index contributed by atoms with van der Waals surface area (Å²) in [6.07, 6.45) is 5.07. The fourth-order valence-electron chi connectivity index (χ4n) is 2.47. The van der Waals surface area contributed by atoms with Gasteiger partial charge >= 0.3 is 0 Å². The number of fused-ring (bicyclic) bond motifs is 1. The molecule has 108 valence electrons. The number of nitrogens with one attached hydrogen (secondary N) is 1. The molecule has 0 aliphatic carbocycles. The molecule has 0 fully saturated rings. The molecule has 5 heteroatoms. The van der Waals surface area contributed by atoms with Crippen LogP contribution in [0.3, 0.4) is 0 Å². The highest BCUT2D eigenvalue weighted by molar-refractivity contribution is 6.05. The monoisotopic (exact) mass is 282 g/mol. The van der Waals surface area contributed by atoms with Gasteiger partial charge < -0.3 is 10.2 Å². The molecule has 0 saturated heterocycles. The van der Waals surface area contributed by atoms with Crippen LogP contribution in [0.4, 0.5) is 11.5 Å². The molecule has 0 spiro atoms. The Morgan fingerprint density at radius 3 is 2.90 bits per heavy atom. The molecule has 0 unspecified atom stereocenters. The first-order chi connectivity index (χ1) is 10.3. The lowest BCUT2D eigenvalue weighted by Gasteiger charge is -2.16. The van der Waals surface area contributed by atoms with Crippen molar-refractivity contribution >= 4 is 17.4 Å². The number of carbonyl (C=O) groups excluding carboxylic acids is 1. The topological polar surface area (TPSA) is 58.1 Å². The van der Waals surface area contributed by atoms with Crippen molar-refractivity contribution in [2.45, 2.75) is 19.8 Å². The summed E-state index contributed by atoms with van der Waals surface area (Å²) < 4.78 is 0. The highest BCUT2D eigenvalue weighted by atomic mass is 16.2. The van der Waals surface area contributed by atoms with Crippen LogP contribution in [0.2, 0.25) is 0 Å². The number of nitrogens with zero attached hydrogens (tertiary/aromatic N) is 3. The van der Waals surface area contributed by atoms with E-state index in [1.54, 1.807) is 17.3 Å². The third-order valence-electron chi connectivity index (χ3n) is 3.56. The Labute approximate surface area is 124 Å². The fourth-order valence-corrected chi connectivity index (χ4v) is 2.47. The molecule has 5 nitrogen and oxygen atoms in total. The van der Waals surface area contributed by atoms with Gasteiger partial charge in [-0.25, -0.2) is 9.97 Å². The minimum absolute atomic E-state index is 0.0884. The summed E-state index contributed by atoms with van der Waals surface area (Å²) in [7, 11) is 0. The van der Waals surface area contributed by atoms with Crippen molar-refractivity contribution in [3.8, 4) is 0 Å². The molecular formula is C16H18N4O. The maximum atomic E-state index is 12.5. The van der Waals surface area contributed by atoms with E-state index in [0.717, 1.165) is 25.1 Å². The Bertz CT molecular complexity index is 639. The summed E-state index contributed by atoms with van der Waals surface area (Å²) in [5.41, 5.74) is 2.58. The lowest BCUT2D eigenvalue weighted by molar-refractivity contribution is 0.0984. The van der Waals surface area contributed by atoms with E-state index in [2.05, 4.69) is 28.3 Å². The Morgan fingerprint density at radius 2 is 2.14 bits per heavy atom. The van der Waals surface area contributed by atoms with E-state index in [9.17, 15) is 4.79 Å². The number of benzene rings is 1. The predicted molar refractivity (Wildman–Crippen MR) is 82.6 cm³/mol. The van der Waals surface area contributed by atoms with E-state index >= 15 is 0 Å². The van der Waals surface area contributed by atoms with Crippen molar-refractivity contribution in [1.82, 2.24) is 9.97 Å². The van der Waals surface area contributed by atoms with Gasteiger partial charge in [0, 0.05) is 18.8 Å². The van der Waals surface area contributed by atoms with Gasteiger partial charge in [-0.15, -0.1) is 0 Å². The van der Waals surface area contributed by atoms with Gasteiger partial charge in [-0.2, -0.15) is 0 Å². The molecule has 2 aromatic rings. The number of anilines is 2. The summed E-state index contributed by atoms with van der Waals surface area (Å²) in [6.45, 7) is 3.64. The molecule has 1 aliphatic rings. The first-order valence-electron chi connectivity index (χ1n) is 7.25. The lowest BCUT2D eigenvalue weighted by atomic mass is 10.2. The van der Waals surface area contributed by atoms with Crippen LogP contribution in [0.5, 0.6) is 0 Å². The first kappa shape index (κ1) is 13.5. The summed E-state index contributed by atoms with van der Waals surface area (Å²) in [6, 6.07) is 7.99. The third-order valence-corrected chi connectivity index (χ3v) is 3.56. The Kier molecular flexibility index (Phi) is 3.81. The number of para-hydroxylation sites is 1. The Morgan fingerprint density at radius 1 is 1.29 bits per heavy atom. The van der Waals surface area contributed by atoms with Crippen molar-refractivity contribution in [2.75, 3.05) is 23.3 Å². The molecule has 1 N–H and O–H groups in total. The number of carbonyl (C=O) groups is 1. The van der Waals surface area contributed by atoms with E-state index in [1.165, 1.54) is 5.56 Å². The molecule has 0 saturated carbocycles. The van der Waals surface area contributed by atoms with Gasteiger partial charge in [-0.3, -0.25) is 4.79 Å². The molecule has 0 radical (unpaired) electrons. The average Bonchev–Trinajstić information content (AvgIpc) is 2.97. The molecule has 1 aromatic carbocycles. The predicted octanol–water partition coefficient (Wildman–Crippen LogP) is 2.50. The van der Waals surface area contributed by atoms with Gasteiger partial charge in [0.2, 0.25) is 0 Å². The van der Waals surface area contributed by atoms with Crippen LogP contribution in [0, 0.1) is 0 Å². The Hall–Kier alpha value is -2.43. The first-order valence-corrected chi connectivity index (χ1v) is 7.25. The van der Waals surface area contributed by atoms with Gasteiger partial charge in [0.05, 0.1) is 12.4 Å². The molecule has 1 aromatic heterocycles. The van der Waals surface area contributed by atoms with Gasteiger partial charge in [0.25, 0.3) is 5.91 Å². The van der Waals surface area contributed by atoms with E-state index < -0.39 is 0 Å². The smallest absolute Gasteiger partial charge is 0.278 e. The summed E-state index contributed by atoms with van der Waals surface area (Å²) in [5, 5.41) is 3.15. The molecule has 2 heterocycles. The van der Waals surface area contributed by atoms with Gasteiger partial charge in [0.15, 0.2) is 0 Å². The van der Waals surface area contributed by atoms with Crippen LogP contribution in [-0.4, -0.2) is 29.0 Å². The van der Waals surface area contributed by atoms with E-state index in [0.29, 0.717) is 18.1 Å². The molecule has 21 heavy (non-hydrogen) atoms. The fraction of sp³-hybridized carbons (Fsp3) is 0.312. The quantitative estimate of drug-likeness (QED) is 0.936. The van der Waals surface area contributed by atoms with Crippen molar-refractivity contribution in [1.29, 1.82) is 0 Å². The normalized spacial score (nSPS) is 13.1. The molecule has 3 rings (SSSR count). The van der Waals surface area contributed by atoms with Crippen molar-refractivity contribution in [3.63, 3.8) is 0 Å². The van der Waals surface area contributed by atoms with Gasteiger partial charge in [0.1, 0.15) is 11.5 Å². The highest BCUT2D eigenvalue weighted by Crippen LogP contribution is 2.28. The second-order valence-corrected chi connectivity index (χ2v) is 5.05. The number of hydrogen-bond donors (Lipinski definition) is 1. The van der Waals surface area contributed by atoms with Crippen molar-refractivity contribution < 1.29 is 4.79 Å². The minimum atomic E-state index is -0.0884. The van der Waals surface area contributed by atoms with E-state index in [1.807, 2.05) is 18.2 Å². The molecule has 1 aliphatic heterocycles. The second-order valence-electron chi connectivity index (χ2n) is 5.05. The van der Waals surface area contributed by atoms with Crippen LogP contribution in [0.15, 0.2) is 36.7 Å². The number of hydrogen-bond acceptors (Lipinski definition) is 4. The zero-order valence-corrected chi connectivity index (χ0v) is 12.0. The zero-order valence-electron chi connectivity index (χ0n) is 12.0. The van der Waals surface area contributed by atoms with Crippen LogP contribution in [-0.2, 0) is 6.42 Å². The summed E-state index contributed by atoms with van der Waals surface area (Å²) >= 11 is 0. The van der Waals surface area contributed by atoms with Crippen LogP contribution < -0.4 is 10.2 Å². The van der Waals surface area contributed by atoms with Gasteiger partial charge in [-0.05, 0) is 24.5 Å². The standard InChI is InChI=1S/C16H18N4O/c1-2-8-17-15-11-18-13(10-19-15)16(21)20-9-7-12-5-3-4-6-14(12)20/h3-6,10-11H,2,7-9H2,1H3,(H,17,19). The summed E-state index contributed by atoms with van der Waals surface area (Å²) in [5.74, 6) is 0.615. The molecule has 0 bridgehead atoms. The summed E-state index contributed by atoms with van der Waals surface area (Å²) in [4.78, 5) is 22.8. The highest BCUT2D eigenvalue weighted by Gasteiger charge is 2.25. The van der Waals surface area contributed by atoms with Crippen LogP contribution in [0.1, 0.15) is 29.4 Å². The van der Waals surface area contributed by atoms with Gasteiger partial charge in [-0.1, -0.05) is 25.1 Å². The van der Waals surface area contributed by atoms with Crippen molar-refractivity contribution in [2.24, 2.45) is 0 Å². The Balaban J connectivity index is 1.77. The molecular weight excluding hydrogens is 264 g/mol. The van der Waals surface area contributed by atoms with Crippen LogP contribution >= 0.6 is 0 Å². The number of aromatic nitrogens is 2. The SMILES string of the molecule is CCCNc1cnc(C(=O)N2CCc3ccccc32)cn1. The number of amides is 1. The minimum Gasteiger partial charge on any atom is -0.369 e. The maximum absolute atomic E-state index is 12.5. The second kappa shape index (κ2) is 5.91. The maximum Gasteiger partial charge on any atom is 0.278 e. The average molecular weight is 282 g/mol. The van der Waals surface area contributed by atoms with E-state index in [-0.39, 0.29) is 5.91 Å². The van der Waals surface area contributed by atoms with Crippen molar-refractivity contribution in [3.05, 3.63) is 47.9 Å². The van der Waals surface area contributed by atoms with E-state index in [4.69, 9.17) is 0 Å². The number of rotatable bonds is 4. The lowest BCUT2D eigenvalue weighted by Crippen LogP contribution is -2.29. The molecule has 1 amide bonds. The van der Waals surface area contributed by atoms with Crippen LogP contribution in [0.25, 0.3) is 0 Å². The third kappa shape index (κ3) is 2.72.